The molecule has 0 aromatic heterocycles. The smallest absolute Gasteiger partial charge is 0.314 e. The molecule has 0 aliphatic heterocycles. The van der Waals surface area contributed by atoms with Gasteiger partial charge in [0, 0.05) is 6.04 Å². The van der Waals surface area contributed by atoms with Crippen LogP contribution in [0.4, 0.5) is 13.2 Å². The van der Waals surface area contributed by atoms with Gasteiger partial charge in [0.2, 0.25) is 0 Å². The summed E-state index contributed by atoms with van der Waals surface area (Å²) in [5, 5.41) is 3.39. The van der Waals surface area contributed by atoms with E-state index in [1.54, 1.807) is 12.1 Å². The molecule has 2 atom stereocenters. The molecule has 4 heteroatoms. The third-order valence-corrected chi connectivity index (χ3v) is 4.36. The van der Waals surface area contributed by atoms with Crippen LogP contribution in [0.3, 0.4) is 0 Å². The number of hydrogen-bond donors (Lipinski definition) is 1. The lowest BCUT2D eigenvalue weighted by atomic mass is 9.74. The first kappa shape index (κ1) is 16.3. The molecule has 1 aromatic rings. The molecule has 1 fully saturated rings. The summed E-state index contributed by atoms with van der Waals surface area (Å²) in [5.74, 6) is 0.312. The zero-order valence-electron chi connectivity index (χ0n) is 12.7. The van der Waals surface area contributed by atoms with Crippen LogP contribution >= 0.6 is 0 Å². The van der Waals surface area contributed by atoms with Gasteiger partial charge in [0.15, 0.2) is 0 Å². The molecule has 0 radical (unpaired) electrons. The summed E-state index contributed by atoms with van der Waals surface area (Å²) >= 11 is 0. The van der Waals surface area contributed by atoms with Gasteiger partial charge in [0.25, 0.3) is 0 Å². The Morgan fingerprint density at radius 3 is 2.48 bits per heavy atom. The van der Waals surface area contributed by atoms with Crippen LogP contribution < -0.4 is 5.32 Å². The SMILES string of the molecule is CC(C)NCC1CCCCC1c1ccccc1C(F)(F)F. The van der Waals surface area contributed by atoms with Gasteiger partial charge in [0.05, 0.1) is 5.56 Å². The first-order valence-electron chi connectivity index (χ1n) is 7.79. The maximum absolute atomic E-state index is 13.2. The van der Waals surface area contributed by atoms with Gasteiger partial charge >= 0.3 is 6.18 Å². The first-order valence-corrected chi connectivity index (χ1v) is 7.79. The minimum absolute atomic E-state index is 0.0165. The topological polar surface area (TPSA) is 12.0 Å². The average Bonchev–Trinajstić information content (AvgIpc) is 2.44. The molecule has 2 rings (SSSR count). The molecular formula is C17H24F3N. The highest BCUT2D eigenvalue weighted by atomic mass is 19.4. The molecule has 0 amide bonds. The van der Waals surface area contributed by atoms with Crippen molar-refractivity contribution in [2.45, 2.75) is 57.7 Å². The molecule has 1 saturated carbocycles. The van der Waals surface area contributed by atoms with Gasteiger partial charge in [-0.1, -0.05) is 44.9 Å². The average molecular weight is 299 g/mol. The fraction of sp³-hybridized carbons (Fsp3) is 0.647. The number of hydrogen-bond acceptors (Lipinski definition) is 1. The van der Waals surface area contributed by atoms with Crippen LogP contribution in [0.15, 0.2) is 24.3 Å². The zero-order valence-corrected chi connectivity index (χ0v) is 12.7. The summed E-state index contributed by atoms with van der Waals surface area (Å²) in [7, 11) is 0. The van der Waals surface area contributed by atoms with Crippen LogP contribution in [-0.2, 0) is 6.18 Å². The predicted molar refractivity (Wildman–Crippen MR) is 79.3 cm³/mol. The van der Waals surface area contributed by atoms with Crippen LogP contribution in [0, 0.1) is 5.92 Å². The monoisotopic (exact) mass is 299 g/mol. The zero-order chi connectivity index (χ0) is 15.5. The van der Waals surface area contributed by atoms with Gasteiger partial charge in [-0.05, 0) is 42.9 Å². The van der Waals surface area contributed by atoms with E-state index in [9.17, 15) is 13.2 Å². The molecule has 0 bridgehead atoms. The summed E-state index contributed by atoms with van der Waals surface area (Å²) in [6, 6.07) is 6.46. The highest BCUT2D eigenvalue weighted by Gasteiger charge is 2.37. The third-order valence-electron chi connectivity index (χ3n) is 4.36. The Hall–Kier alpha value is -1.03. The van der Waals surface area contributed by atoms with E-state index >= 15 is 0 Å². The van der Waals surface area contributed by atoms with Crippen LogP contribution in [-0.4, -0.2) is 12.6 Å². The van der Waals surface area contributed by atoms with Crippen LogP contribution in [0.25, 0.3) is 0 Å². The molecule has 21 heavy (non-hydrogen) atoms. The van der Waals surface area contributed by atoms with Crippen molar-refractivity contribution >= 4 is 0 Å². The van der Waals surface area contributed by atoms with E-state index in [2.05, 4.69) is 19.2 Å². The van der Waals surface area contributed by atoms with Gasteiger partial charge in [-0.3, -0.25) is 0 Å². The Kier molecular flexibility index (Phi) is 5.31. The quantitative estimate of drug-likeness (QED) is 0.827. The van der Waals surface area contributed by atoms with Crippen molar-refractivity contribution in [3.63, 3.8) is 0 Å². The molecule has 0 spiro atoms. The van der Waals surface area contributed by atoms with Crippen LogP contribution in [0.5, 0.6) is 0 Å². The molecule has 1 aliphatic carbocycles. The fourth-order valence-corrected chi connectivity index (χ4v) is 3.33. The van der Waals surface area contributed by atoms with E-state index in [-0.39, 0.29) is 5.92 Å². The lowest BCUT2D eigenvalue weighted by Gasteiger charge is -2.34. The Bertz CT molecular complexity index is 454. The lowest BCUT2D eigenvalue weighted by Crippen LogP contribution is -2.34. The van der Waals surface area contributed by atoms with Crippen molar-refractivity contribution in [3.8, 4) is 0 Å². The highest BCUT2D eigenvalue weighted by Crippen LogP contribution is 2.43. The summed E-state index contributed by atoms with van der Waals surface area (Å²) in [5.41, 5.74) is 0.0340. The molecule has 1 aromatic carbocycles. The summed E-state index contributed by atoms with van der Waals surface area (Å²) in [4.78, 5) is 0. The summed E-state index contributed by atoms with van der Waals surface area (Å²) in [6.07, 6.45) is -0.248. The fourth-order valence-electron chi connectivity index (χ4n) is 3.33. The molecular weight excluding hydrogens is 275 g/mol. The van der Waals surface area contributed by atoms with Gasteiger partial charge in [-0.2, -0.15) is 13.2 Å². The van der Waals surface area contributed by atoms with Gasteiger partial charge < -0.3 is 5.32 Å². The molecule has 0 heterocycles. The molecule has 0 saturated heterocycles. The maximum Gasteiger partial charge on any atom is 0.416 e. The van der Waals surface area contributed by atoms with Gasteiger partial charge in [-0.15, -0.1) is 0 Å². The predicted octanol–water partition coefficient (Wildman–Crippen LogP) is 4.98. The van der Waals surface area contributed by atoms with Gasteiger partial charge in [0.1, 0.15) is 0 Å². The first-order chi connectivity index (χ1) is 9.89. The van der Waals surface area contributed by atoms with E-state index < -0.39 is 11.7 Å². The van der Waals surface area contributed by atoms with Crippen molar-refractivity contribution in [2.75, 3.05) is 6.54 Å². The highest BCUT2D eigenvalue weighted by molar-refractivity contribution is 5.33. The van der Waals surface area contributed by atoms with E-state index in [0.29, 0.717) is 17.5 Å². The number of benzene rings is 1. The largest absolute Gasteiger partial charge is 0.416 e. The third kappa shape index (κ3) is 4.22. The molecule has 1 N–H and O–H groups in total. The second-order valence-electron chi connectivity index (χ2n) is 6.30. The Balaban J connectivity index is 2.25. The van der Waals surface area contributed by atoms with E-state index in [1.165, 1.54) is 12.1 Å². The van der Waals surface area contributed by atoms with Crippen LogP contribution in [0.1, 0.15) is 56.6 Å². The molecule has 1 aliphatic rings. The van der Waals surface area contributed by atoms with E-state index in [4.69, 9.17) is 0 Å². The molecule has 2 unspecified atom stereocenters. The lowest BCUT2D eigenvalue weighted by molar-refractivity contribution is -0.138. The Morgan fingerprint density at radius 1 is 1.14 bits per heavy atom. The maximum atomic E-state index is 13.2. The van der Waals surface area contributed by atoms with E-state index in [0.717, 1.165) is 32.2 Å². The van der Waals surface area contributed by atoms with Crippen molar-refractivity contribution < 1.29 is 13.2 Å². The van der Waals surface area contributed by atoms with Crippen molar-refractivity contribution in [1.82, 2.24) is 5.32 Å². The number of rotatable bonds is 4. The number of alkyl halides is 3. The number of nitrogens with one attached hydrogen (secondary N) is 1. The molecule has 118 valence electrons. The second-order valence-corrected chi connectivity index (χ2v) is 6.30. The molecule has 1 nitrogen and oxygen atoms in total. The normalized spacial score (nSPS) is 23.5. The Morgan fingerprint density at radius 2 is 1.81 bits per heavy atom. The number of halogens is 3. The van der Waals surface area contributed by atoms with Crippen molar-refractivity contribution in [1.29, 1.82) is 0 Å². The minimum Gasteiger partial charge on any atom is -0.314 e. The van der Waals surface area contributed by atoms with Crippen molar-refractivity contribution in [2.24, 2.45) is 5.92 Å². The van der Waals surface area contributed by atoms with Crippen molar-refractivity contribution in [3.05, 3.63) is 35.4 Å². The second kappa shape index (κ2) is 6.82. The summed E-state index contributed by atoms with van der Waals surface area (Å²) < 4.78 is 39.7. The Labute approximate surface area is 124 Å². The van der Waals surface area contributed by atoms with E-state index in [1.807, 2.05) is 0 Å². The van der Waals surface area contributed by atoms with Crippen LogP contribution in [0.2, 0.25) is 0 Å². The standard InChI is InChI=1S/C17H24F3N/c1-12(2)21-11-13-7-3-4-8-14(13)15-9-5-6-10-16(15)17(18,19)20/h5-6,9-10,12-14,21H,3-4,7-8,11H2,1-2H3. The summed E-state index contributed by atoms with van der Waals surface area (Å²) in [6.45, 7) is 4.94. The minimum atomic E-state index is -4.26. The van der Waals surface area contributed by atoms with Gasteiger partial charge in [-0.25, -0.2) is 0 Å².